The zero-order chi connectivity index (χ0) is 18.0. The van der Waals surface area contributed by atoms with Crippen LogP contribution in [-0.4, -0.2) is 47.8 Å². The number of amides is 2. The molecule has 0 spiro atoms. The molecule has 25 heavy (non-hydrogen) atoms. The number of carbonyl (C=O) groups is 2. The summed E-state index contributed by atoms with van der Waals surface area (Å²) in [4.78, 5) is 31.4. The van der Waals surface area contributed by atoms with Crippen LogP contribution in [0.25, 0.3) is 0 Å². The molecule has 1 aliphatic heterocycles. The quantitative estimate of drug-likeness (QED) is 0.764. The molecule has 0 bridgehead atoms. The number of carbonyl (C=O) groups excluding carboxylic acids is 2. The Balaban J connectivity index is 1.63. The molecule has 0 atom stereocenters. The van der Waals surface area contributed by atoms with Crippen molar-refractivity contribution < 1.29 is 9.59 Å². The molecule has 1 aliphatic carbocycles. The fourth-order valence-corrected chi connectivity index (χ4v) is 4.91. The first-order chi connectivity index (χ1) is 11.9. The van der Waals surface area contributed by atoms with Gasteiger partial charge in [-0.3, -0.25) is 9.59 Å². The standard InChI is InChI=1S/C20H30N2O2S/c1-20(2,3)19(24)22-12-10-21(11-13-22)18(23)17-14-15-8-6-4-5-7-9-16(15)25-17/h14H,4-13H2,1-3H3. The van der Waals surface area contributed by atoms with Crippen LogP contribution >= 0.6 is 11.3 Å². The lowest BCUT2D eigenvalue weighted by molar-refractivity contribution is -0.140. The molecule has 0 unspecified atom stereocenters. The Labute approximate surface area is 155 Å². The van der Waals surface area contributed by atoms with E-state index >= 15 is 0 Å². The SMILES string of the molecule is CC(C)(C)C(=O)N1CCN(C(=O)c2cc3c(s2)CCCCCC3)CC1. The van der Waals surface area contributed by atoms with Gasteiger partial charge in [-0.1, -0.05) is 33.6 Å². The van der Waals surface area contributed by atoms with Gasteiger partial charge >= 0.3 is 0 Å². The normalized spacial score (nSPS) is 19.2. The van der Waals surface area contributed by atoms with Crippen LogP contribution in [0.1, 0.15) is 66.6 Å². The second kappa shape index (κ2) is 7.48. The Kier molecular flexibility index (Phi) is 5.52. The summed E-state index contributed by atoms with van der Waals surface area (Å²) < 4.78 is 0. The number of hydrogen-bond acceptors (Lipinski definition) is 3. The second-order valence-electron chi connectivity index (χ2n) is 8.31. The van der Waals surface area contributed by atoms with Crippen LogP contribution < -0.4 is 0 Å². The number of aryl methyl sites for hydroxylation is 2. The van der Waals surface area contributed by atoms with Gasteiger partial charge in [-0.05, 0) is 37.3 Å². The van der Waals surface area contributed by atoms with Crippen LogP contribution in [0.2, 0.25) is 0 Å². The van der Waals surface area contributed by atoms with Crippen molar-refractivity contribution in [1.82, 2.24) is 9.80 Å². The van der Waals surface area contributed by atoms with E-state index in [0.29, 0.717) is 26.2 Å². The summed E-state index contributed by atoms with van der Waals surface area (Å²) in [6, 6.07) is 2.14. The van der Waals surface area contributed by atoms with Gasteiger partial charge < -0.3 is 9.80 Å². The van der Waals surface area contributed by atoms with Gasteiger partial charge in [-0.25, -0.2) is 0 Å². The monoisotopic (exact) mass is 362 g/mol. The molecule has 1 aromatic rings. The summed E-state index contributed by atoms with van der Waals surface area (Å²) >= 11 is 1.70. The Hall–Kier alpha value is -1.36. The van der Waals surface area contributed by atoms with Crippen molar-refractivity contribution in [3.63, 3.8) is 0 Å². The molecule has 1 saturated heterocycles. The molecule has 0 aromatic carbocycles. The Morgan fingerprint density at radius 3 is 2.16 bits per heavy atom. The number of piperazine rings is 1. The van der Waals surface area contributed by atoms with Gasteiger partial charge in [0.05, 0.1) is 4.88 Å². The molecule has 0 N–H and O–H groups in total. The number of hydrogen-bond donors (Lipinski definition) is 0. The van der Waals surface area contributed by atoms with E-state index in [0.717, 1.165) is 17.7 Å². The number of thiophene rings is 1. The lowest BCUT2D eigenvalue weighted by Gasteiger charge is -2.37. The van der Waals surface area contributed by atoms with E-state index in [2.05, 4.69) is 6.07 Å². The third-order valence-corrected chi connectivity index (χ3v) is 6.43. The highest BCUT2D eigenvalue weighted by molar-refractivity contribution is 7.14. The molecule has 4 nitrogen and oxygen atoms in total. The molecule has 0 saturated carbocycles. The van der Waals surface area contributed by atoms with Crippen LogP contribution in [0.4, 0.5) is 0 Å². The Morgan fingerprint density at radius 2 is 1.52 bits per heavy atom. The van der Waals surface area contributed by atoms with Crippen molar-refractivity contribution >= 4 is 23.2 Å². The summed E-state index contributed by atoms with van der Waals surface area (Å²) in [7, 11) is 0. The van der Waals surface area contributed by atoms with E-state index in [-0.39, 0.29) is 17.2 Å². The first-order valence-corrected chi connectivity index (χ1v) is 10.4. The second-order valence-corrected chi connectivity index (χ2v) is 9.44. The molecule has 138 valence electrons. The van der Waals surface area contributed by atoms with Crippen LogP contribution in [0, 0.1) is 5.41 Å². The average Bonchev–Trinajstić information content (AvgIpc) is 2.95. The van der Waals surface area contributed by atoms with Crippen molar-refractivity contribution in [2.24, 2.45) is 5.41 Å². The van der Waals surface area contributed by atoms with Gasteiger partial charge in [0.1, 0.15) is 0 Å². The highest BCUT2D eigenvalue weighted by Gasteiger charge is 2.31. The van der Waals surface area contributed by atoms with Gasteiger partial charge in [-0.2, -0.15) is 0 Å². The Bertz CT molecular complexity index is 611. The largest absolute Gasteiger partial charge is 0.339 e. The molecular formula is C20H30N2O2S. The van der Waals surface area contributed by atoms with E-state index in [1.165, 1.54) is 36.1 Å². The van der Waals surface area contributed by atoms with Crippen molar-refractivity contribution in [1.29, 1.82) is 0 Å². The lowest BCUT2D eigenvalue weighted by Crippen LogP contribution is -2.52. The highest BCUT2D eigenvalue weighted by Crippen LogP contribution is 2.29. The Morgan fingerprint density at radius 1 is 0.920 bits per heavy atom. The van der Waals surface area contributed by atoms with E-state index in [9.17, 15) is 9.59 Å². The maximum absolute atomic E-state index is 12.9. The molecule has 2 amide bonds. The molecule has 5 heteroatoms. The van der Waals surface area contributed by atoms with Crippen molar-refractivity contribution in [3.05, 3.63) is 21.4 Å². The number of rotatable bonds is 1. The number of fused-ring (bicyclic) bond motifs is 1. The number of nitrogens with zero attached hydrogens (tertiary/aromatic N) is 2. The topological polar surface area (TPSA) is 40.6 Å². The molecule has 2 heterocycles. The van der Waals surface area contributed by atoms with E-state index < -0.39 is 0 Å². The first kappa shape index (κ1) is 18.4. The van der Waals surface area contributed by atoms with Gasteiger partial charge in [0.2, 0.25) is 5.91 Å². The highest BCUT2D eigenvalue weighted by atomic mass is 32.1. The summed E-state index contributed by atoms with van der Waals surface area (Å²) in [5, 5.41) is 0. The summed E-state index contributed by atoms with van der Waals surface area (Å²) in [5.74, 6) is 0.332. The molecule has 0 radical (unpaired) electrons. The van der Waals surface area contributed by atoms with Crippen LogP contribution in [0.15, 0.2) is 6.07 Å². The first-order valence-electron chi connectivity index (χ1n) is 9.56. The minimum absolute atomic E-state index is 0.152. The molecule has 3 rings (SSSR count). The van der Waals surface area contributed by atoms with E-state index in [1.807, 2.05) is 30.6 Å². The van der Waals surface area contributed by atoms with Crippen molar-refractivity contribution in [2.75, 3.05) is 26.2 Å². The third kappa shape index (κ3) is 4.25. The molecule has 2 aliphatic rings. The lowest BCUT2D eigenvalue weighted by atomic mass is 9.94. The predicted octanol–water partition coefficient (Wildman–Crippen LogP) is 3.74. The van der Waals surface area contributed by atoms with Crippen LogP contribution in [-0.2, 0) is 17.6 Å². The zero-order valence-electron chi connectivity index (χ0n) is 15.8. The summed E-state index contributed by atoms with van der Waals surface area (Å²) in [6.45, 7) is 8.43. The molecular weight excluding hydrogens is 332 g/mol. The fraction of sp³-hybridized carbons (Fsp3) is 0.700. The smallest absolute Gasteiger partial charge is 0.264 e. The summed E-state index contributed by atoms with van der Waals surface area (Å²) in [5.41, 5.74) is 1.05. The van der Waals surface area contributed by atoms with Crippen molar-refractivity contribution in [3.8, 4) is 0 Å². The average molecular weight is 363 g/mol. The molecule has 1 aromatic heterocycles. The van der Waals surface area contributed by atoms with Gasteiger partial charge in [-0.15, -0.1) is 11.3 Å². The van der Waals surface area contributed by atoms with Crippen LogP contribution in [0.5, 0.6) is 0 Å². The predicted molar refractivity (Wildman–Crippen MR) is 102 cm³/mol. The van der Waals surface area contributed by atoms with Gasteiger partial charge in [0.15, 0.2) is 0 Å². The van der Waals surface area contributed by atoms with E-state index in [1.54, 1.807) is 11.3 Å². The van der Waals surface area contributed by atoms with E-state index in [4.69, 9.17) is 0 Å². The fourth-order valence-electron chi connectivity index (χ4n) is 3.69. The van der Waals surface area contributed by atoms with Crippen LogP contribution in [0.3, 0.4) is 0 Å². The molecule has 1 fully saturated rings. The van der Waals surface area contributed by atoms with Gasteiger partial charge in [0, 0.05) is 36.5 Å². The minimum atomic E-state index is -0.351. The zero-order valence-corrected chi connectivity index (χ0v) is 16.6. The third-order valence-electron chi connectivity index (χ3n) is 5.20. The summed E-state index contributed by atoms with van der Waals surface area (Å²) in [6.07, 6.45) is 7.35. The van der Waals surface area contributed by atoms with Crippen molar-refractivity contribution in [2.45, 2.75) is 59.3 Å². The minimum Gasteiger partial charge on any atom is -0.339 e. The maximum atomic E-state index is 12.9. The van der Waals surface area contributed by atoms with Gasteiger partial charge in [0.25, 0.3) is 5.91 Å². The maximum Gasteiger partial charge on any atom is 0.264 e.